The fourth-order valence-electron chi connectivity index (χ4n) is 3.20. The summed E-state index contributed by atoms with van der Waals surface area (Å²) in [6.45, 7) is 0.555. The van der Waals surface area contributed by atoms with Crippen LogP contribution in [-0.2, 0) is 13.0 Å². The van der Waals surface area contributed by atoms with Gasteiger partial charge >= 0.3 is 6.03 Å². The van der Waals surface area contributed by atoms with Crippen molar-refractivity contribution in [3.8, 4) is 23.0 Å². The maximum absolute atomic E-state index is 12.5. The zero-order valence-corrected chi connectivity index (χ0v) is 16.8. The highest BCUT2D eigenvalue weighted by Crippen LogP contribution is 2.32. The lowest BCUT2D eigenvalue weighted by atomic mass is 10.1. The first-order chi connectivity index (χ1) is 15.7. The number of nitrogens with zero attached hydrogens (tertiary/aromatic N) is 4. The van der Waals surface area contributed by atoms with Crippen LogP contribution in [0.25, 0.3) is 11.5 Å². The van der Waals surface area contributed by atoms with Gasteiger partial charge in [0.05, 0.1) is 12.6 Å². The van der Waals surface area contributed by atoms with Crippen LogP contribution in [0, 0.1) is 0 Å². The van der Waals surface area contributed by atoms with Crippen LogP contribution in [0.3, 0.4) is 0 Å². The fraction of sp³-hybridized carbons (Fsp3) is 0.136. The van der Waals surface area contributed by atoms with Crippen LogP contribution in [0.2, 0.25) is 0 Å². The first-order valence-electron chi connectivity index (χ1n) is 9.85. The Hall–Kier alpha value is -4.47. The van der Waals surface area contributed by atoms with Crippen LogP contribution in [-0.4, -0.2) is 32.9 Å². The molecule has 160 valence electrons. The third kappa shape index (κ3) is 4.33. The molecule has 32 heavy (non-hydrogen) atoms. The summed E-state index contributed by atoms with van der Waals surface area (Å²) in [6, 6.07) is 12.6. The van der Waals surface area contributed by atoms with Gasteiger partial charge in [0.25, 0.3) is 0 Å². The number of para-hydroxylation sites is 1. The summed E-state index contributed by atoms with van der Waals surface area (Å²) in [6.07, 6.45) is 5.05. The van der Waals surface area contributed by atoms with Crippen molar-refractivity contribution in [1.82, 2.24) is 25.4 Å². The van der Waals surface area contributed by atoms with Gasteiger partial charge in [0.2, 0.25) is 18.5 Å². The molecule has 4 aromatic rings. The maximum atomic E-state index is 12.5. The highest BCUT2D eigenvalue weighted by atomic mass is 16.7. The number of benzene rings is 2. The number of fused-ring (bicyclic) bond motifs is 1. The van der Waals surface area contributed by atoms with Crippen LogP contribution in [0.5, 0.6) is 11.5 Å². The van der Waals surface area contributed by atoms with E-state index in [1.807, 2.05) is 42.5 Å². The van der Waals surface area contributed by atoms with Gasteiger partial charge in [0.15, 0.2) is 11.5 Å². The molecule has 2 aromatic carbocycles. The third-order valence-corrected chi connectivity index (χ3v) is 4.76. The number of rotatable bonds is 6. The fourth-order valence-corrected chi connectivity index (χ4v) is 3.20. The van der Waals surface area contributed by atoms with Crippen LogP contribution in [0.4, 0.5) is 10.5 Å². The van der Waals surface area contributed by atoms with E-state index in [-0.39, 0.29) is 12.8 Å². The van der Waals surface area contributed by atoms with E-state index in [0.29, 0.717) is 47.6 Å². The number of carbonyl (C=O) groups excluding carboxylic acids is 1. The topological polar surface area (TPSA) is 124 Å². The molecule has 10 nitrogen and oxygen atoms in total. The minimum absolute atomic E-state index is 0.212. The highest BCUT2D eigenvalue weighted by Gasteiger charge is 2.15. The molecule has 0 bridgehead atoms. The third-order valence-electron chi connectivity index (χ3n) is 4.76. The first-order valence-corrected chi connectivity index (χ1v) is 9.85. The molecule has 0 radical (unpaired) electrons. The van der Waals surface area contributed by atoms with Gasteiger partial charge < -0.3 is 24.6 Å². The van der Waals surface area contributed by atoms with Crippen LogP contribution in [0.1, 0.15) is 17.0 Å². The Morgan fingerprint density at radius 1 is 1.06 bits per heavy atom. The molecule has 0 aliphatic carbocycles. The van der Waals surface area contributed by atoms with Crippen LogP contribution in [0.15, 0.2) is 65.6 Å². The molecule has 0 saturated carbocycles. The molecule has 2 N–H and O–H groups in total. The minimum atomic E-state index is -0.333. The standard InChI is InChI=1S/C22H18N6O4/c29-22(25-11-14-5-6-18-19(9-14)31-13-30-18)26-16-4-2-1-3-15(16)10-20-27-21(28-32-20)17-12-23-7-8-24-17/h1-9,12H,10-11,13H2,(H2,25,26,29). The number of hydrogen-bond donors (Lipinski definition) is 2. The minimum Gasteiger partial charge on any atom is -0.454 e. The highest BCUT2D eigenvalue weighted by molar-refractivity contribution is 5.90. The predicted molar refractivity (Wildman–Crippen MR) is 113 cm³/mol. The molecule has 0 spiro atoms. The Balaban J connectivity index is 1.23. The second-order valence-electron chi connectivity index (χ2n) is 6.93. The Bertz CT molecular complexity index is 1240. The van der Waals surface area contributed by atoms with E-state index in [1.54, 1.807) is 18.6 Å². The largest absolute Gasteiger partial charge is 0.454 e. The molecule has 3 heterocycles. The van der Waals surface area contributed by atoms with Crippen LogP contribution < -0.4 is 20.1 Å². The molecule has 10 heteroatoms. The number of aromatic nitrogens is 4. The number of carbonyl (C=O) groups is 1. The monoisotopic (exact) mass is 430 g/mol. The number of ether oxygens (including phenoxy) is 2. The first kappa shape index (κ1) is 19.5. The molecule has 1 aliphatic heterocycles. The van der Waals surface area contributed by atoms with E-state index < -0.39 is 0 Å². The van der Waals surface area contributed by atoms with Gasteiger partial charge in [0.1, 0.15) is 5.69 Å². The van der Waals surface area contributed by atoms with E-state index >= 15 is 0 Å². The average molecular weight is 430 g/mol. The normalized spacial score (nSPS) is 11.9. The Labute approximate surface area is 182 Å². The van der Waals surface area contributed by atoms with Gasteiger partial charge in [0, 0.05) is 24.6 Å². The smallest absolute Gasteiger partial charge is 0.319 e. The van der Waals surface area contributed by atoms with E-state index in [4.69, 9.17) is 14.0 Å². The van der Waals surface area contributed by atoms with Crippen molar-refractivity contribution in [3.05, 3.63) is 78.1 Å². The van der Waals surface area contributed by atoms with Gasteiger partial charge in [-0.15, -0.1) is 0 Å². The molecule has 0 atom stereocenters. The van der Waals surface area contributed by atoms with Gasteiger partial charge in [-0.1, -0.05) is 29.4 Å². The quantitative estimate of drug-likeness (QED) is 0.478. The molecule has 5 rings (SSSR count). The number of amides is 2. The molecule has 0 unspecified atom stereocenters. The summed E-state index contributed by atoms with van der Waals surface area (Å²) in [5.74, 6) is 2.15. The van der Waals surface area contributed by atoms with Crippen molar-refractivity contribution >= 4 is 11.7 Å². The molecule has 0 fully saturated rings. The van der Waals surface area contributed by atoms with E-state index in [1.165, 1.54) is 0 Å². The van der Waals surface area contributed by atoms with Crippen molar-refractivity contribution in [2.24, 2.45) is 0 Å². The lowest BCUT2D eigenvalue weighted by Crippen LogP contribution is -2.28. The SMILES string of the molecule is O=C(NCc1ccc2c(c1)OCO2)Nc1ccccc1Cc1nc(-c2cnccn2)no1. The summed E-state index contributed by atoms with van der Waals surface area (Å²) in [5, 5.41) is 9.67. The van der Waals surface area contributed by atoms with Crippen molar-refractivity contribution < 1.29 is 18.8 Å². The Morgan fingerprint density at radius 2 is 1.97 bits per heavy atom. The van der Waals surface area contributed by atoms with Crippen molar-refractivity contribution in [2.75, 3.05) is 12.1 Å². The summed E-state index contributed by atoms with van der Waals surface area (Å²) < 4.78 is 16.0. The molecular weight excluding hydrogens is 412 g/mol. The Kier molecular flexibility index (Phi) is 5.31. The molecule has 1 aliphatic rings. The lowest BCUT2D eigenvalue weighted by Gasteiger charge is -2.11. The predicted octanol–water partition coefficient (Wildman–Crippen LogP) is 3.17. The van der Waals surface area contributed by atoms with E-state index in [2.05, 4.69) is 30.7 Å². The maximum Gasteiger partial charge on any atom is 0.319 e. The average Bonchev–Trinajstić information content (AvgIpc) is 3.49. The lowest BCUT2D eigenvalue weighted by molar-refractivity contribution is 0.174. The van der Waals surface area contributed by atoms with Crippen molar-refractivity contribution in [2.45, 2.75) is 13.0 Å². The summed E-state index contributed by atoms with van der Waals surface area (Å²) in [5.41, 5.74) is 2.91. The molecular formula is C22H18N6O4. The van der Waals surface area contributed by atoms with Gasteiger partial charge in [-0.3, -0.25) is 4.98 Å². The van der Waals surface area contributed by atoms with Crippen molar-refractivity contribution in [1.29, 1.82) is 0 Å². The summed E-state index contributed by atoms with van der Waals surface area (Å²) in [7, 11) is 0. The molecule has 2 aromatic heterocycles. The van der Waals surface area contributed by atoms with Gasteiger partial charge in [-0.05, 0) is 29.3 Å². The number of hydrogen-bond acceptors (Lipinski definition) is 8. The zero-order valence-electron chi connectivity index (χ0n) is 16.8. The van der Waals surface area contributed by atoms with Gasteiger partial charge in [-0.25, -0.2) is 9.78 Å². The molecule has 0 saturated heterocycles. The zero-order chi connectivity index (χ0) is 21.8. The van der Waals surface area contributed by atoms with Crippen LogP contribution >= 0.6 is 0 Å². The summed E-state index contributed by atoms with van der Waals surface area (Å²) in [4.78, 5) is 25.0. The number of urea groups is 1. The molecule has 2 amide bonds. The Morgan fingerprint density at radius 3 is 2.88 bits per heavy atom. The number of nitrogens with one attached hydrogen (secondary N) is 2. The second kappa shape index (κ2) is 8.72. The second-order valence-corrected chi connectivity index (χ2v) is 6.93. The summed E-state index contributed by atoms with van der Waals surface area (Å²) >= 11 is 0. The van der Waals surface area contributed by atoms with Gasteiger partial charge in [-0.2, -0.15) is 4.98 Å². The van der Waals surface area contributed by atoms with E-state index in [9.17, 15) is 4.79 Å². The van der Waals surface area contributed by atoms with Crippen molar-refractivity contribution in [3.63, 3.8) is 0 Å². The number of anilines is 1. The van der Waals surface area contributed by atoms with E-state index in [0.717, 1.165) is 11.1 Å².